The number of esters is 1. The van der Waals surface area contributed by atoms with Gasteiger partial charge in [0.15, 0.2) is 0 Å². The number of hydrogen-bond acceptors (Lipinski definition) is 5. The van der Waals surface area contributed by atoms with E-state index >= 15 is 0 Å². The molecule has 1 N–H and O–H groups in total. The van der Waals surface area contributed by atoms with E-state index in [0.29, 0.717) is 5.57 Å². The summed E-state index contributed by atoms with van der Waals surface area (Å²) in [6, 6.07) is 0. The number of aliphatic hydroxyl groups is 1. The minimum absolute atomic E-state index is 0.0288. The maximum absolute atomic E-state index is 11.8. The molecule has 2 heterocycles. The van der Waals surface area contributed by atoms with E-state index in [2.05, 4.69) is 20.4 Å². The van der Waals surface area contributed by atoms with Crippen molar-refractivity contribution in [2.45, 2.75) is 56.7 Å². The van der Waals surface area contributed by atoms with Crippen molar-refractivity contribution in [3.63, 3.8) is 0 Å². The van der Waals surface area contributed by atoms with Crippen molar-refractivity contribution in [2.24, 2.45) is 17.3 Å². The Kier molecular flexibility index (Phi) is 2.54. The fourth-order valence-corrected chi connectivity index (χ4v) is 5.16. The van der Waals surface area contributed by atoms with Gasteiger partial charge < -0.3 is 19.3 Å². The van der Waals surface area contributed by atoms with Gasteiger partial charge in [-0.1, -0.05) is 13.5 Å². The van der Waals surface area contributed by atoms with E-state index in [1.807, 2.05) is 0 Å². The number of ether oxygens (including phenoxy) is 3. The second kappa shape index (κ2) is 3.89. The number of methoxy groups -OCH3 is 1. The third kappa shape index (κ3) is 1.54. The summed E-state index contributed by atoms with van der Waals surface area (Å²) in [4.78, 5) is 11.8. The first-order valence-electron chi connectivity index (χ1n) is 7.63. The SMILES string of the molecule is C=C(C(=O)OC)[C@@H]1CC[C@]2(C)[C@@H]([C@H]1O)[C@]1(C)O[C@@H]1[C@@H]1O[C@@H]12. The molecule has 0 aromatic rings. The summed E-state index contributed by atoms with van der Waals surface area (Å²) in [6.45, 7) is 8.09. The normalized spacial score (nSPS) is 56.6. The van der Waals surface area contributed by atoms with E-state index < -0.39 is 12.1 Å². The smallest absolute Gasteiger partial charge is 0.333 e. The lowest BCUT2D eigenvalue weighted by molar-refractivity contribution is -0.140. The van der Waals surface area contributed by atoms with Gasteiger partial charge in [-0.25, -0.2) is 4.79 Å². The van der Waals surface area contributed by atoms with E-state index in [9.17, 15) is 9.90 Å². The summed E-state index contributed by atoms with van der Waals surface area (Å²) in [5, 5.41) is 10.9. The predicted molar refractivity (Wildman–Crippen MR) is 73.4 cm³/mol. The number of rotatable bonds is 2. The Morgan fingerprint density at radius 1 is 1.38 bits per heavy atom. The molecule has 2 saturated carbocycles. The molecule has 0 unspecified atom stereocenters. The second-order valence-electron chi connectivity index (χ2n) is 7.38. The summed E-state index contributed by atoms with van der Waals surface area (Å²) in [5.41, 5.74) is -0.0497. The average Bonchev–Trinajstić information content (AvgIpc) is 3.31. The highest BCUT2D eigenvalue weighted by molar-refractivity contribution is 5.88. The first-order chi connectivity index (χ1) is 9.84. The number of epoxide rings is 2. The predicted octanol–water partition coefficient (Wildman–Crippen LogP) is 1.05. The van der Waals surface area contributed by atoms with Crippen molar-refractivity contribution in [3.05, 3.63) is 12.2 Å². The zero-order chi connectivity index (χ0) is 15.2. The van der Waals surface area contributed by atoms with Crippen molar-refractivity contribution >= 4 is 5.97 Å². The lowest BCUT2D eigenvalue weighted by atomic mass is 9.53. The van der Waals surface area contributed by atoms with Gasteiger partial charge in [0.05, 0.1) is 19.3 Å². The zero-order valence-corrected chi connectivity index (χ0v) is 12.7. The summed E-state index contributed by atoms with van der Waals surface area (Å²) in [6.07, 6.45) is 1.47. The molecule has 4 rings (SSSR count). The molecule has 21 heavy (non-hydrogen) atoms. The van der Waals surface area contributed by atoms with Crippen LogP contribution in [0.4, 0.5) is 0 Å². The van der Waals surface area contributed by atoms with Crippen molar-refractivity contribution in [1.82, 2.24) is 0 Å². The molecule has 4 fully saturated rings. The molecule has 8 atom stereocenters. The Morgan fingerprint density at radius 2 is 2.10 bits per heavy atom. The van der Waals surface area contributed by atoms with E-state index in [1.165, 1.54) is 7.11 Å². The molecule has 2 aliphatic carbocycles. The van der Waals surface area contributed by atoms with Crippen LogP contribution in [0, 0.1) is 17.3 Å². The van der Waals surface area contributed by atoms with Crippen LogP contribution >= 0.6 is 0 Å². The number of aliphatic hydroxyl groups excluding tert-OH is 1. The van der Waals surface area contributed by atoms with Crippen LogP contribution in [0.1, 0.15) is 26.7 Å². The highest BCUT2D eigenvalue weighted by Crippen LogP contribution is 2.69. The topological polar surface area (TPSA) is 71.6 Å². The second-order valence-corrected chi connectivity index (χ2v) is 7.38. The number of carbonyl (C=O) groups is 1. The lowest BCUT2D eigenvalue weighted by Crippen LogP contribution is -2.57. The molecule has 5 nitrogen and oxygen atoms in total. The summed E-state index contributed by atoms with van der Waals surface area (Å²) >= 11 is 0. The Bertz CT molecular complexity index is 531. The third-order valence-electron chi connectivity index (χ3n) is 6.33. The summed E-state index contributed by atoms with van der Waals surface area (Å²) in [7, 11) is 1.34. The van der Waals surface area contributed by atoms with Gasteiger partial charge in [-0.3, -0.25) is 0 Å². The van der Waals surface area contributed by atoms with Crippen LogP contribution in [0.2, 0.25) is 0 Å². The van der Waals surface area contributed by atoms with Crippen LogP contribution in [0.15, 0.2) is 12.2 Å². The Hall–Kier alpha value is -0.910. The summed E-state index contributed by atoms with van der Waals surface area (Å²) < 4.78 is 16.5. The molecule has 4 aliphatic rings. The molecule has 0 radical (unpaired) electrons. The lowest BCUT2D eigenvalue weighted by Gasteiger charge is -2.50. The van der Waals surface area contributed by atoms with E-state index in [4.69, 9.17) is 14.2 Å². The van der Waals surface area contributed by atoms with Gasteiger partial charge in [0.1, 0.15) is 17.8 Å². The number of fused-ring (bicyclic) bond motifs is 6. The Labute approximate surface area is 124 Å². The Morgan fingerprint density at radius 3 is 2.76 bits per heavy atom. The monoisotopic (exact) mass is 294 g/mol. The maximum atomic E-state index is 11.8. The minimum Gasteiger partial charge on any atom is -0.466 e. The van der Waals surface area contributed by atoms with Crippen molar-refractivity contribution in [3.8, 4) is 0 Å². The highest BCUT2D eigenvalue weighted by atomic mass is 16.7. The fraction of sp³-hybridized carbons (Fsp3) is 0.812. The molecule has 2 aliphatic heterocycles. The van der Waals surface area contributed by atoms with E-state index in [0.717, 1.165) is 12.8 Å². The van der Waals surface area contributed by atoms with Gasteiger partial charge in [0, 0.05) is 22.8 Å². The molecule has 2 saturated heterocycles. The van der Waals surface area contributed by atoms with Crippen molar-refractivity contribution in [1.29, 1.82) is 0 Å². The van der Waals surface area contributed by atoms with Crippen molar-refractivity contribution in [2.75, 3.05) is 7.11 Å². The van der Waals surface area contributed by atoms with Gasteiger partial charge >= 0.3 is 5.97 Å². The van der Waals surface area contributed by atoms with Gasteiger partial charge in [-0.05, 0) is 19.8 Å². The van der Waals surface area contributed by atoms with Gasteiger partial charge in [-0.15, -0.1) is 0 Å². The molecule has 116 valence electrons. The Balaban J connectivity index is 1.65. The van der Waals surface area contributed by atoms with Crippen LogP contribution in [0.5, 0.6) is 0 Å². The van der Waals surface area contributed by atoms with E-state index in [1.54, 1.807) is 0 Å². The first-order valence-corrected chi connectivity index (χ1v) is 7.63. The van der Waals surface area contributed by atoms with E-state index in [-0.39, 0.29) is 41.2 Å². The summed E-state index contributed by atoms with van der Waals surface area (Å²) in [5.74, 6) is -0.719. The molecular weight excluding hydrogens is 272 g/mol. The van der Waals surface area contributed by atoms with Gasteiger partial charge in [-0.2, -0.15) is 0 Å². The van der Waals surface area contributed by atoms with Gasteiger partial charge in [0.25, 0.3) is 0 Å². The molecule has 0 aromatic heterocycles. The van der Waals surface area contributed by atoms with Crippen LogP contribution in [-0.4, -0.2) is 48.2 Å². The average molecular weight is 294 g/mol. The molecule has 0 spiro atoms. The maximum Gasteiger partial charge on any atom is 0.333 e. The van der Waals surface area contributed by atoms with Crippen LogP contribution in [-0.2, 0) is 19.0 Å². The largest absolute Gasteiger partial charge is 0.466 e. The zero-order valence-electron chi connectivity index (χ0n) is 12.7. The standard InChI is InChI=1S/C16H22O5/c1-7(14(18)19-4)8-5-6-15(2)11(9(8)17)16(3)13(21-16)10-12(15)20-10/h8-13,17H,1,5-6H2,2-4H3/t8-,9-,10+,11+,12-,13+,15+,16-/m0/s1. The van der Waals surface area contributed by atoms with Crippen LogP contribution in [0.3, 0.4) is 0 Å². The molecule has 0 bridgehead atoms. The molecule has 5 heteroatoms. The fourth-order valence-electron chi connectivity index (χ4n) is 5.16. The van der Waals surface area contributed by atoms with Crippen molar-refractivity contribution < 1.29 is 24.1 Å². The number of hydrogen-bond donors (Lipinski definition) is 1. The number of carbonyl (C=O) groups excluding carboxylic acids is 1. The highest BCUT2D eigenvalue weighted by Gasteiger charge is 2.80. The van der Waals surface area contributed by atoms with Gasteiger partial charge in [0.2, 0.25) is 0 Å². The van der Waals surface area contributed by atoms with Crippen LogP contribution in [0.25, 0.3) is 0 Å². The quantitative estimate of drug-likeness (QED) is 0.468. The first kappa shape index (κ1) is 13.7. The molecule has 0 aromatic carbocycles. The van der Waals surface area contributed by atoms with Crippen LogP contribution < -0.4 is 0 Å². The third-order valence-corrected chi connectivity index (χ3v) is 6.33. The molecular formula is C16H22O5. The minimum atomic E-state index is -0.643. The molecule has 0 amide bonds.